The molecule has 3 N–H and O–H groups in total. The molecule has 0 bridgehead atoms. The van der Waals surface area contributed by atoms with Crippen molar-refractivity contribution in [2.75, 3.05) is 5.32 Å². The normalized spacial score (nSPS) is 11.9. The molecule has 0 saturated heterocycles. The van der Waals surface area contributed by atoms with E-state index in [9.17, 15) is 19.1 Å². The highest BCUT2D eigenvalue weighted by molar-refractivity contribution is 5.91. The molecule has 2 amide bonds. The average molecular weight is 296 g/mol. The number of carboxylic acid groups (broad SMARTS) is 1. The molecule has 1 aromatic rings. The molecule has 6 heteroatoms. The lowest BCUT2D eigenvalue weighted by atomic mass is 9.74. The van der Waals surface area contributed by atoms with Crippen molar-refractivity contribution in [2.24, 2.45) is 5.41 Å². The smallest absolute Gasteiger partial charge is 0.319 e. The lowest BCUT2D eigenvalue weighted by molar-refractivity contribution is -0.150. The summed E-state index contributed by atoms with van der Waals surface area (Å²) in [5.41, 5.74) is -1.50. The van der Waals surface area contributed by atoms with E-state index in [2.05, 4.69) is 10.6 Å². The summed E-state index contributed by atoms with van der Waals surface area (Å²) in [5, 5.41) is 14.4. The molecule has 5 nitrogen and oxygen atoms in total. The molecule has 0 radical (unpaired) electrons. The van der Waals surface area contributed by atoms with Crippen molar-refractivity contribution in [1.82, 2.24) is 5.32 Å². The summed E-state index contributed by atoms with van der Waals surface area (Å²) < 4.78 is 13.4. The number of carbonyl (C=O) groups excluding carboxylic acids is 1. The first kappa shape index (κ1) is 16.9. The lowest BCUT2D eigenvalue weighted by Gasteiger charge is -2.38. The first-order chi connectivity index (χ1) is 9.49. The number of amides is 2. The van der Waals surface area contributed by atoms with Crippen LogP contribution in [0.4, 0.5) is 14.9 Å². The number of nitrogens with one attached hydrogen (secondary N) is 2. The van der Waals surface area contributed by atoms with E-state index >= 15 is 0 Å². The third kappa shape index (κ3) is 3.51. The van der Waals surface area contributed by atoms with Crippen LogP contribution in [0, 0.1) is 18.2 Å². The van der Waals surface area contributed by atoms with Gasteiger partial charge < -0.3 is 15.7 Å². The van der Waals surface area contributed by atoms with Crippen LogP contribution in [0.3, 0.4) is 0 Å². The van der Waals surface area contributed by atoms with Crippen LogP contribution in [-0.2, 0) is 4.79 Å². The maximum atomic E-state index is 13.4. The van der Waals surface area contributed by atoms with E-state index in [-0.39, 0.29) is 0 Å². The first-order valence-corrected chi connectivity index (χ1v) is 6.56. The molecule has 116 valence electrons. The summed E-state index contributed by atoms with van der Waals surface area (Å²) >= 11 is 0. The van der Waals surface area contributed by atoms with Gasteiger partial charge in [-0.25, -0.2) is 9.18 Å². The quantitative estimate of drug-likeness (QED) is 0.798. The van der Waals surface area contributed by atoms with Gasteiger partial charge in [0, 0.05) is 11.3 Å². The number of hydrogen-bond acceptors (Lipinski definition) is 2. The number of rotatable bonds is 4. The Morgan fingerprint density at radius 1 is 1.19 bits per heavy atom. The Bertz CT molecular complexity index is 568. The highest BCUT2D eigenvalue weighted by atomic mass is 19.1. The molecule has 0 spiro atoms. The average Bonchev–Trinajstić information content (AvgIpc) is 2.33. The number of aliphatic carboxylic acids is 1. The summed E-state index contributed by atoms with van der Waals surface area (Å²) in [6, 6.07) is 3.79. The second-order valence-electron chi connectivity index (χ2n) is 6.05. The van der Waals surface area contributed by atoms with Gasteiger partial charge in [0.05, 0.1) is 11.0 Å². The molecule has 1 rings (SSSR count). The van der Waals surface area contributed by atoms with Crippen molar-refractivity contribution in [3.8, 4) is 0 Å². The van der Waals surface area contributed by atoms with E-state index < -0.39 is 28.8 Å². The highest BCUT2D eigenvalue weighted by Crippen LogP contribution is 2.30. The Morgan fingerprint density at radius 3 is 2.29 bits per heavy atom. The summed E-state index contributed by atoms with van der Waals surface area (Å²) in [4.78, 5) is 23.3. The van der Waals surface area contributed by atoms with Crippen LogP contribution in [0.1, 0.15) is 33.3 Å². The van der Waals surface area contributed by atoms with Crippen LogP contribution in [-0.4, -0.2) is 22.6 Å². The van der Waals surface area contributed by atoms with Crippen molar-refractivity contribution in [1.29, 1.82) is 0 Å². The Hall–Kier alpha value is -2.11. The minimum atomic E-state index is -1.17. The van der Waals surface area contributed by atoms with E-state index in [0.29, 0.717) is 11.3 Å². The van der Waals surface area contributed by atoms with Crippen LogP contribution in [0.25, 0.3) is 0 Å². The molecule has 0 aromatic heterocycles. The third-order valence-electron chi connectivity index (χ3n) is 4.04. The second kappa shape index (κ2) is 5.71. The molecule has 0 aliphatic rings. The minimum absolute atomic E-state index is 0.322. The fourth-order valence-corrected chi connectivity index (χ4v) is 1.60. The largest absolute Gasteiger partial charge is 0.481 e. The predicted octanol–water partition coefficient (Wildman–Crippen LogP) is 3.15. The van der Waals surface area contributed by atoms with Gasteiger partial charge in [-0.2, -0.15) is 0 Å². The summed E-state index contributed by atoms with van der Waals surface area (Å²) in [7, 11) is 0. The number of carbonyl (C=O) groups is 2. The van der Waals surface area contributed by atoms with Gasteiger partial charge in [0.15, 0.2) is 0 Å². The number of carboxylic acids is 1. The van der Waals surface area contributed by atoms with Crippen molar-refractivity contribution in [3.05, 3.63) is 29.6 Å². The maximum absolute atomic E-state index is 13.4. The van der Waals surface area contributed by atoms with Crippen molar-refractivity contribution in [2.45, 2.75) is 40.2 Å². The Kier molecular flexibility index (Phi) is 4.61. The van der Waals surface area contributed by atoms with Crippen LogP contribution in [0.5, 0.6) is 0 Å². The lowest BCUT2D eigenvalue weighted by Crippen LogP contribution is -2.57. The molecule has 0 fully saturated rings. The molecular formula is C15H21FN2O3. The summed E-state index contributed by atoms with van der Waals surface area (Å²) in [5.74, 6) is -1.44. The third-order valence-corrected chi connectivity index (χ3v) is 4.04. The van der Waals surface area contributed by atoms with E-state index in [1.54, 1.807) is 26.8 Å². The number of hydrogen-bond donors (Lipinski definition) is 3. The molecule has 1 aromatic carbocycles. The standard InChI is InChI=1S/C15H21FN2O3/c1-9-10(16)7-6-8-11(9)17-13(21)18-15(4,5)14(2,3)12(19)20/h6-8H,1-5H3,(H,19,20)(H2,17,18,21). The number of halogens is 1. The van der Waals surface area contributed by atoms with E-state index in [4.69, 9.17) is 0 Å². The molecule has 0 unspecified atom stereocenters. The van der Waals surface area contributed by atoms with Gasteiger partial charge in [-0.05, 0) is 46.8 Å². The van der Waals surface area contributed by atoms with Gasteiger partial charge in [0.25, 0.3) is 0 Å². The zero-order valence-corrected chi connectivity index (χ0v) is 12.9. The van der Waals surface area contributed by atoms with Crippen molar-refractivity contribution < 1.29 is 19.1 Å². The first-order valence-electron chi connectivity index (χ1n) is 6.56. The van der Waals surface area contributed by atoms with E-state index in [1.807, 2.05) is 0 Å². The van der Waals surface area contributed by atoms with E-state index in [1.165, 1.54) is 26.0 Å². The fraction of sp³-hybridized carbons (Fsp3) is 0.467. The molecule has 0 atom stereocenters. The monoisotopic (exact) mass is 296 g/mol. The maximum Gasteiger partial charge on any atom is 0.319 e. The van der Waals surface area contributed by atoms with Gasteiger partial charge in [0.1, 0.15) is 5.82 Å². The molecule has 0 aliphatic heterocycles. The van der Waals surface area contributed by atoms with E-state index in [0.717, 1.165) is 0 Å². The fourth-order valence-electron chi connectivity index (χ4n) is 1.60. The predicted molar refractivity (Wildman–Crippen MR) is 78.8 cm³/mol. The summed E-state index contributed by atoms with van der Waals surface area (Å²) in [6.07, 6.45) is 0. The highest BCUT2D eigenvalue weighted by Gasteiger charge is 2.44. The van der Waals surface area contributed by atoms with Crippen LogP contribution >= 0.6 is 0 Å². The van der Waals surface area contributed by atoms with Gasteiger partial charge in [-0.15, -0.1) is 0 Å². The van der Waals surface area contributed by atoms with Crippen LogP contribution in [0.2, 0.25) is 0 Å². The molecular weight excluding hydrogens is 275 g/mol. The Balaban J connectivity index is 2.87. The summed E-state index contributed by atoms with van der Waals surface area (Å²) in [6.45, 7) is 7.86. The molecule has 0 aliphatic carbocycles. The van der Waals surface area contributed by atoms with Crippen molar-refractivity contribution >= 4 is 17.7 Å². The topological polar surface area (TPSA) is 78.4 Å². The second-order valence-corrected chi connectivity index (χ2v) is 6.05. The number of urea groups is 1. The van der Waals surface area contributed by atoms with Crippen LogP contribution in [0.15, 0.2) is 18.2 Å². The van der Waals surface area contributed by atoms with Gasteiger partial charge in [-0.3, -0.25) is 4.79 Å². The zero-order chi connectivity index (χ0) is 16.4. The van der Waals surface area contributed by atoms with Crippen LogP contribution < -0.4 is 10.6 Å². The minimum Gasteiger partial charge on any atom is -0.481 e. The van der Waals surface area contributed by atoms with Gasteiger partial charge >= 0.3 is 12.0 Å². The Labute approximate surface area is 123 Å². The van der Waals surface area contributed by atoms with Gasteiger partial charge in [0.2, 0.25) is 0 Å². The SMILES string of the molecule is Cc1c(F)cccc1NC(=O)NC(C)(C)C(C)(C)C(=O)O. The van der Waals surface area contributed by atoms with Crippen molar-refractivity contribution in [3.63, 3.8) is 0 Å². The Morgan fingerprint density at radius 2 is 1.76 bits per heavy atom. The number of benzene rings is 1. The zero-order valence-electron chi connectivity index (χ0n) is 12.9. The van der Waals surface area contributed by atoms with Gasteiger partial charge in [-0.1, -0.05) is 6.07 Å². The molecule has 0 heterocycles. The number of anilines is 1. The molecule has 21 heavy (non-hydrogen) atoms. The molecule has 0 saturated carbocycles.